The highest BCUT2D eigenvalue weighted by atomic mass is 15.1. The number of anilines is 2. The summed E-state index contributed by atoms with van der Waals surface area (Å²) in [6, 6.07) is 55.4. The van der Waals surface area contributed by atoms with Gasteiger partial charge in [0.05, 0.1) is 11.0 Å². The van der Waals surface area contributed by atoms with E-state index in [1.165, 1.54) is 78.0 Å². The first-order chi connectivity index (χ1) is 25.2. The second-order valence-corrected chi connectivity index (χ2v) is 13.8. The zero-order valence-corrected chi connectivity index (χ0v) is 28.9. The van der Waals surface area contributed by atoms with Gasteiger partial charge in [-0.25, -0.2) is 0 Å². The summed E-state index contributed by atoms with van der Waals surface area (Å²) < 4.78 is 2.37. The molecule has 51 heavy (non-hydrogen) atoms. The van der Waals surface area contributed by atoms with Crippen LogP contribution in [0.3, 0.4) is 0 Å². The first-order valence-corrected chi connectivity index (χ1v) is 18.1. The third-order valence-electron chi connectivity index (χ3n) is 10.5. The van der Waals surface area contributed by atoms with Crippen LogP contribution in [0.1, 0.15) is 37.3 Å². The number of hydrogen-bond donors (Lipinski definition) is 0. The van der Waals surface area contributed by atoms with Crippen molar-refractivity contribution in [3.8, 4) is 16.8 Å². The van der Waals surface area contributed by atoms with Crippen LogP contribution in [0.15, 0.2) is 188 Å². The minimum atomic E-state index is 0.572. The van der Waals surface area contributed by atoms with Crippen molar-refractivity contribution in [2.75, 3.05) is 4.90 Å². The van der Waals surface area contributed by atoms with Crippen LogP contribution >= 0.6 is 0 Å². The number of benzene rings is 6. The van der Waals surface area contributed by atoms with Crippen LogP contribution in [-0.2, 0) is 0 Å². The molecule has 246 valence electrons. The number of fused-ring (bicyclic) bond motifs is 3. The maximum Gasteiger partial charge on any atom is 0.0541 e. The standard InChI is InChI=1S/C49H40N2/c1-35-10-9-13-41(34-35)40-24-30-44(31-25-40)50(42-26-18-37(19-27-42)36-11-3-2-4-12-36)43-28-20-38(21-29-43)39-22-32-45(33-23-39)51-48-16-7-5-14-46(48)47-15-6-8-17-49(47)51/h2-18,20-26,28-33,35H,19,27,34H2,1H3. The van der Waals surface area contributed by atoms with Crippen LogP contribution < -0.4 is 4.90 Å². The van der Waals surface area contributed by atoms with E-state index in [1.54, 1.807) is 0 Å². The Morgan fingerprint density at radius 1 is 0.490 bits per heavy atom. The zero-order chi connectivity index (χ0) is 34.1. The number of allylic oxidation sites excluding steroid dienone is 8. The summed E-state index contributed by atoms with van der Waals surface area (Å²) in [5.41, 5.74) is 15.1. The monoisotopic (exact) mass is 656 g/mol. The normalized spacial score (nSPS) is 15.8. The molecular weight excluding hydrogens is 617 g/mol. The van der Waals surface area contributed by atoms with Crippen molar-refractivity contribution < 1.29 is 0 Å². The van der Waals surface area contributed by atoms with Gasteiger partial charge < -0.3 is 9.47 Å². The number of para-hydroxylation sites is 2. The SMILES string of the molecule is CC1C=CC=C(c2ccc(N(C3=CC=C(c4ccccc4)CC3)c3ccc(-c4ccc(-n5c6ccccc6c6ccccc65)cc4)cc3)cc2)C1. The van der Waals surface area contributed by atoms with Crippen LogP contribution in [-0.4, -0.2) is 4.57 Å². The molecule has 0 saturated heterocycles. The quantitative estimate of drug-likeness (QED) is 0.166. The molecule has 2 aliphatic rings. The van der Waals surface area contributed by atoms with Gasteiger partial charge in [0.25, 0.3) is 0 Å². The van der Waals surface area contributed by atoms with Gasteiger partial charge >= 0.3 is 0 Å². The fraction of sp³-hybridized carbons (Fsp3) is 0.102. The number of hydrogen-bond acceptors (Lipinski definition) is 1. The second-order valence-electron chi connectivity index (χ2n) is 13.8. The molecule has 0 amide bonds. The van der Waals surface area contributed by atoms with Gasteiger partial charge in [-0.15, -0.1) is 0 Å². The molecular formula is C49H40N2. The van der Waals surface area contributed by atoms with Gasteiger partial charge in [0.1, 0.15) is 0 Å². The first-order valence-electron chi connectivity index (χ1n) is 18.1. The average Bonchev–Trinajstić information content (AvgIpc) is 3.54. The molecule has 0 radical (unpaired) electrons. The predicted molar refractivity (Wildman–Crippen MR) is 217 cm³/mol. The van der Waals surface area contributed by atoms with Crippen molar-refractivity contribution in [2.24, 2.45) is 5.92 Å². The molecule has 1 unspecified atom stereocenters. The Kier molecular flexibility index (Phi) is 8.06. The Labute approximate surface area is 300 Å². The molecule has 0 spiro atoms. The van der Waals surface area contributed by atoms with Gasteiger partial charge in [0.2, 0.25) is 0 Å². The van der Waals surface area contributed by atoms with E-state index in [-0.39, 0.29) is 0 Å². The predicted octanol–water partition coefficient (Wildman–Crippen LogP) is 13.3. The molecule has 0 fully saturated rings. The van der Waals surface area contributed by atoms with Gasteiger partial charge in [-0.3, -0.25) is 0 Å². The van der Waals surface area contributed by atoms with Crippen molar-refractivity contribution in [1.82, 2.24) is 4.57 Å². The average molecular weight is 657 g/mol. The van der Waals surface area contributed by atoms with Gasteiger partial charge in [0.15, 0.2) is 0 Å². The fourth-order valence-corrected chi connectivity index (χ4v) is 7.88. The molecule has 2 nitrogen and oxygen atoms in total. The van der Waals surface area contributed by atoms with Crippen LogP contribution in [0.5, 0.6) is 0 Å². The van der Waals surface area contributed by atoms with Crippen LogP contribution in [0.2, 0.25) is 0 Å². The van der Waals surface area contributed by atoms with E-state index in [9.17, 15) is 0 Å². The Balaban J connectivity index is 1.04. The largest absolute Gasteiger partial charge is 0.314 e. The highest BCUT2D eigenvalue weighted by molar-refractivity contribution is 6.09. The lowest BCUT2D eigenvalue weighted by Crippen LogP contribution is -2.18. The Morgan fingerprint density at radius 2 is 1.04 bits per heavy atom. The molecule has 7 aromatic rings. The molecule has 0 bridgehead atoms. The highest BCUT2D eigenvalue weighted by Crippen LogP contribution is 2.39. The summed E-state index contributed by atoms with van der Waals surface area (Å²) in [7, 11) is 0. The molecule has 2 aliphatic carbocycles. The Hall–Kier alpha value is -6.12. The van der Waals surface area contributed by atoms with E-state index in [0.29, 0.717) is 5.92 Å². The smallest absolute Gasteiger partial charge is 0.0541 e. The maximum atomic E-state index is 2.44. The van der Waals surface area contributed by atoms with Gasteiger partial charge in [-0.1, -0.05) is 134 Å². The first kappa shape index (κ1) is 30.9. The third-order valence-corrected chi connectivity index (χ3v) is 10.5. The van der Waals surface area contributed by atoms with E-state index in [2.05, 4.69) is 198 Å². The van der Waals surface area contributed by atoms with E-state index in [0.717, 1.165) is 19.3 Å². The van der Waals surface area contributed by atoms with Crippen molar-refractivity contribution in [1.29, 1.82) is 0 Å². The summed E-state index contributed by atoms with van der Waals surface area (Å²) in [6.07, 6.45) is 14.4. The van der Waals surface area contributed by atoms with Gasteiger partial charge in [-0.05, 0) is 113 Å². The van der Waals surface area contributed by atoms with Gasteiger partial charge in [0, 0.05) is 33.5 Å². The lowest BCUT2D eigenvalue weighted by molar-refractivity contribution is 0.749. The van der Waals surface area contributed by atoms with Crippen molar-refractivity contribution >= 4 is 44.3 Å². The molecule has 1 atom stereocenters. The molecule has 2 heteroatoms. The van der Waals surface area contributed by atoms with Crippen molar-refractivity contribution in [2.45, 2.75) is 26.2 Å². The third kappa shape index (κ3) is 5.93. The van der Waals surface area contributed by atoms with Gasteiger partial charge in [-0.2, -0.15) is 0 Å². The number of aromatic nitrogens is 1. The highest BCUT2D eigenvalue weighted by Gasteiger charge is 2.19. The van der Waals surface area contributed by atoms with E-state index < -0.39 is 0 Å². The summed E-state index contributed by atoms with van der Waals surface area (Å²) in [6.45, 7) is 2.29. The minimum Gasteiger partial charge on any atom is -0.314 e. The number of rotatable bonds is 7. The summed E-state index contributed by atoms with van der Waals surface area (Å²) >= 11 is 0. The number of nitrogens with zero attached hydrogens (tertiary/aromatic N) is 2. The summed E-state index contributed by atoms with van der Waals surface area (Å²) in [5.74, 6) is 0.572. The lowest BCUT2D eigenvalue weighted by Gasteiger charge is -2.30. The summed E-state index contributed by atoms with van der Waals surface area (Å²) in [5, 5.41) is 2.56. The maximum absolute atomic E-state index is 2.44. The fourth-order valence-electron chi connectivity index (χ4n) is 7.88. The Bertz CT molecular complexity index is 2420. The second kappa shape index (κ2) is 13.3. The van der Waals surface area contributed by atoms with Crippen LogP contribution in [0.25, 0.3) is 49.8 Å². The van der Waals surface area contributed by atoms with Crippen LogP contribution in [0.4, 0.5) is 11.4 Å². The van der Waals surface area contributed by atoms with Crippen molar-refractivity contribution in [3.05, 3.63) is 199 Å². The molecule has 1 aromatic heterocycles. The summed E-state index contributed by atoms with van der Waals surface area (Å²) in [4.78, 5) is 2.44. The van der Waals surface area contributed by atoms with Crippen LogP contribution in [0, 0.1) is 5.92 Å². The lowest BCUT2D eigenvalue weighted by atomic mass is 9.91. The zero-order valence-electron chi connectivity index (χ0n) is 28.9. The van der Waals surface area contributed by atoms with E-state index in [4.69, 9.17) is 0 Å². The van der Waals surface area contributed by atoms with E-state index in [1.807, 2.05) is 0 Å². The van der Waals surface area contributed by atoms with E-state index >= 15 is 0 Å². The van der Waals surface area contributed by atoms with Crippen molar-refractivity contribution in [3.63, 3.8) is 0 Å². The topological polar surface area (TPSA) is 8.17 Å². The molecule has 0 aliphatic heterocycles. The molecule has 9 rings (SSSR count). The molecule has 6 aromatic carbocycles. The molecule has 0 N–H and O–H groups in total. The molecule has 1 heterocycles. The minimum absolute atomic E-state index is 0.572. The Morgan fingerprint density at radius 3 is 1.63 bits per heavy atom. The molecule has 0 saturated carbocycles.